The fourth-order valence-corrected chi connectivity index (χ4v) is 3.88. The number of hydrogen-bond acceptors (Lipinski definition) is 7. The first-order valence-corrected chi connectivity index (χ1v) is 12.3. The van der Waals surface area contributed by atoms with Gasteiger partial charge in [-0.05, 0) is 30.4 Å². The second kappa shape index (κ2) is 14.1. The molecule has 1 heterocycles. The third-order valence-electron chi connectivity index (χ3n) is 5.90. The lowest BCUT2D eigenvalue weighted by Crippen LogP contribution is -2.58. The van der Waals surface area contributed by atoms with Crippen molar-refractivity contribution in [1.82, 2.24) is 20.9 Å². The fraction of sp³-hybridized carbons (Fsp3) is 0.480. The highest BCUT2D eigenvalue weighted by molar-refractivity contribution is 5.95. The van der Waals surface area contributed by atoms with Crippen LogP contribution in [0.1, 0.15) is 38.7 Å². The number of aromatic nitrogens is 1. The normalized spacial score (nSPS) is 14.3. The standard InChI is InChI=1S/C25H36N6O7/c1-13(2)9-20(25(37)38)31-24(36)19(10-14-11-28-17-6-4-3-5-15(14)17)30-23(35)18(7-8-21(27)33)29-22(34)16(26)12-32/h3-6,11,13,16,18-20,28,32H,7-10,12,26H2,1-2H3,(H2,27,33)(H,29,34)(H,30,35)(H,31,36)(H,37,38). The predicted molar refractivity (Wildman–Crippen MR) is 138 cm³/mol. The summed E-state index contributed by atoms with van der Waals surface area (Å²) < 4.78 is 0. The number of para-hydroxylation sites is 1. The number of aromatic amines is 1. The smallest absolute Gasteiger partial charge is 0.326 e. The summed E-state index contributed by atoms with van der Waals surface area (Å²) in [4.78, 5) is 64.9. The summed E-state index contributed by atoms with van der Waals surface area (Å²) in [5.41, 5.74) is 12.2. The van der Waals surface area contributed by atoms with Crippen LogP contribution in [-0.4, -0.2) is 75.6 Å². The summed E-state index contributed by atoms with van der Waals surface area (Å²) in [5, 5.41) is 27.0. The Kier molecular flexibility index (Phi) is 11.2. The Morgan fingerprint density at radius 1 is 0.947 bits per heavy atom. The van der Waals surface area contributed by atoms with Crippen LogP contribution in [0.15, 0.2) is 30.5 Å². The Morgan fingerprint density at radius 2 is 1.55 bits per heavy atom. The minimum absolute atomic E-state index is 0.00223. The molecule has 208 valence electrons. The maximum atomic E-state index is 13.3. The van der Waals surface area contributed by atoms with E-state index in [2.05, 4.69) is 20.9 Å². The molecule has 4 atom stereocenters. The molecule has 0 aliphatic carbocycles. The SMILES string of the molecule is CC(C)CC(NC(=O)C(Cc1c[nH]c2ccccc12)NC(=O)C(CCC(N)=O)NC(=O)C(N)CO)C(=O)O. The Hall–Kier alpha value is -3.97. The largest absolute Gasteiger partial charge is 0.480 e. The van der Waals surface area contributed by atoms with E-state index in [9.17, 15) is 29.1 Å². The number of amides is 4. The molecule has 1 aromatic carbocycles. The van der Waals surface area contributed by atoms with Crippen LogP contribution in [0, 0.1) is 5.92 Å². The molecule has 13 heteroatoms. The molecule has 4 amide bonds. The Bertz CT molecular complexity index is 1150. The quantitative estimate of drug-likeness (QED) is 0.140. The van der Waals surface area contributed by atoms with Crippen molar-refractivity contribution in [2.75, 3.05) is 6.61 Å². The molecular formula is C25H36N6O7. The first kappa shape index (κ1) is 30.3. The molecule has 13 nitrogen and oxygen atoms in total. The van der Waals surface area contributed by atoms with Gasteiger partial charge in [0.1, 0.15) is 24.2 Å². The number of carboxylic acid groups (broad SMARTS) is 1. The predicted octanol–water partition coefficient (Wildman–Crippen LogP) is -1.12. The van der Waals surface area contributed by atoms with Crippen LogP contribution in [0.4, 0.5) is 0 Å². The van der Waals surface area contributed by atoms with Gasteiger partial charge in [0.15, 0.2) is 0 Å². The third-order valence-corrected chi connectivity index (χ3v) is 5.90. The average Bonchev–Trinajstić information content (AvgIpc) is 3.27. The number of aliphatic hydroxyl groups is 1. The van der Waals surface area contributed by atoms with Gasteiger partial charge in [0.05, 0.1) is 6.61 Å². The second-order valence-corrected chi connectivity index (χ2v) is 9.51. The van der Waals surface area contributed by atoms with Crippen LogP contribution in [0.5, 0.6) is 0 Å². The zero-order valence-electron chi connectivity index (χ0n) is 21.4. The van der Waals surface area contributed by atoms with Gasteiger partial charge in [0.2, 0.25) is 23.6 Å². The van der Waals surface area contributed by atoms with Crippen molar-refractivity contribution in [3.63, 3.8) is 0 Å². The average molecular weight is 533 g/mol. The molecule has 0 aliphatic rings. The summed E-state index contributed by atoms with van der Waals surface area (Å²) >= 11 is 0. The minimum atomic E-state index is -1.31. The number of nitrogens with one attached hydrogen (secondary N) is 4. The number of aliphatic carboxylic acids is 1. The van der Waals surface area contributed by atoms with Crippen molar-refractivity contribution in [3.8, 4) is 0 Å². The number of primary amides is 1. The molecule has 38 heavy (non-hydrogen) atoms. The van der Waals surface area contributed by atoms with Crippen molar-refractivity contribution in [2.24, 2.45) is 17.4 Å². The van der Waals surface area contributed by atoms with E-state index in [1.165, 1.54) is 0 Å². The Morgan fingerprint density at radius 3 is 2.16 bits per heavy atom. The van der Waals surface area contributed by atoms with Crippen LogP contribution in [0.2, 0.25) is 0 Å². The van der Waals surface area contributed by atoms with Crippen molar-refractivity contribution in [3.05, 3.63) is 36.0 Å². The van der Waals surface area contributed by atoms with Gasteiger partial charge in [-0.2, -0.15) is 0 Å². The number of H-pyrrole nitrogens is 1. The minimum Gasteiger partial charge on any atom is -0.480 e. The molecule has 0 radical (unpaired) electrons. The fourth-order valence-electron chi connectivity index (χ4n) is 3.88. The van der Waals surface area contributed by atoms with E-state index in [4.69, 9.17) is 16.6 Å². The van der Waals surface area contributed by atoms with Gasteiger partial charge < -0.3 is 42.6 Å². The van der Waals surface area contributed by atoms with Gasteiger partial charge in [0, 0.05) is 29.9 Å². The number of hydrogen-bond donors (Lipinski definition) is 8. The maximum absolute atomic E-state index is 13.3. The van der Waals surface area contributed by atoms with Crippen molar-refractivity contribution >= 4 is 40.5 Å². The first-order chi connectivity index (χ1) is 17.9. The van der Waals surface area contributed by atoms with Crippen LogP contribution in [0.3, 0.4) is 0 Å². The lowest BCUT2D eigenvalue weighted by molar-refractivity contribution is -0.142. The first-order valence-electron chi connectivity index (χ1n) is 12.3. The van der Waals surface area contributed by atoms with Crippen LogP contribution in [-0.2, 0) is 30.4 Å². The zero-order valence-corrected chi connectivity index (χ0v) is 21.4. The molecule has 4 unspecified atom stereocenters. The molecule has 0 aliphatic heterocycles. The molecule has 0 spiro atoms. The van der Waals surface area contributed by atoms with Crippen molar-refractivity contribution < 1.29 is 34.2 Å². The van der Waals surface area contributed by atoms with E-state index in [1.54, 1.807) is 6.20 Å². The van der Waals surface area contributed by atoms with Gasteiger partial charge in [-0.1, -0.05) is 32.0 Å². The van der Waals surface area contributed by atoms with Gasteiger partial charge >= 0.3 is 5.97 Å². The molecule has 2 aromatic rings. The Labute approximate surface area is 219 Å². The highest BCUT2D eigenvalue weighted by Crippen LogP contribution is 2.19. The lowest BCUT2D eigenvalue weighted by Gasteiger charge is -2.25. The zero-order chi connectivity index (χ0) is 28.4. The maximum Gasteiger partial charge on any atom is 0.326 e. The number of carbonyl (C=O) groups excluding carboxylic acids is 4. The number of aliphatic hydroxyl groups excluding tert-OH is 1. The lowest BCUT2D eigenvalue weighted by atomic mass is 10.0. The number of carbonyl (C=O) groups is 5. The van der Waals surface area contributed by atoms with E-state index in [-0.39, 0.29) is 31.6 Å². The molecule has 0 saturated carbocycles. The third kappa shape index (κ3) is 8.85. The van der Waals surface area contributed by atoms with Crippen LogP contribution < -0.4 is 27.4 Å². The van der Waals surface area contributed by atoms with Gasteiger partial charge in [-0.15, -0.1) is 0 Å². The van der Waals surface area contributed by atoms with E-state index < -0.39 is 60.4 Å². The van der Waals surface area contributed by atoms with E-state index in [1.807, 2.05) is 38.1 Å². The second-order valence-electron chi connectivity index (χ2n) is 9.51. The Balaban J connectivity index is 2.34. The molecule has 0 saturated heterocycles. The summed E-state index contributed by atoms with van der Waals surface area (Å²) in [6.45, 7) is 2.96. The monoisotopic (exact) mass is 532 g/mol. The summed E-state index contributed by atoms with van der Waals surface area (Å²) in [5.74, 6) is -4.33. The van der Waals surface area contributed by atoms with E-state index in [0.29, 0.717) is 5.56 Å². The number of benzene rings is 1. The molecule has 1 aromatic heterocycles. The molecule has 0 bridgehead atoms. The topological polar surface area (TPSA) is 230 Å². The molecule has 10 N–H and O–H groups in total. The molecule has 0 fully saturated rings. The summed E-state index contributed by atoms with van der Waals surface area (Å²) in [6, 6.07) is 2.32. The van der Waals surface area contributed by atoms with Gasteiger partial charge in [0.25, 0.3) is 0 Å². The molecular weight excluding hydrogens is 496 g/mol. The highest BCUT2D eigenvalue weighted by atomic mass is 16.4. The van der Waals surface area contributed by atoms with Crippen LogP contribution in [0.25, 0.3) is 10.9 Å². The van der Waals surface area contributed by atoms with Crippen molar-refractivity contribution in [1.29, 1.82) is 0 Å². The van der Waals surface area contributed by atoms with Crippen molar-refractivity contribution in [2.45, 2.75) is 63.7 Å². The van der Waals surface area contributed by atoms with Gasteiger partial charge in [-0.3, -0.25) is 19.2 Å². The number of rotatable bonds is 15. The molecule has 2 rings (SSSR count). The van der Waals surface area contributed by atoms with Gasteiger partial charge in [-0.25, -0.2) is 4.79 Å². The van der Waals surface area contributed by atoms with Crippen LogP contribution >= 0.6 is 0 Å². The number of carboxylic acids is 1. The number of fused-ring (bicyclic) bond motifs is 1. The van der Waals surface area contributed by atoms with E-state index in [0.717, 1.165) is 10.9 Å². The van der Waals surface area contributed by atoms with E-state index >= 15 is 0 Å². The summed E-state index contributed by atoms with van der Waals surface area (Å²) in [7, 11) is 0. The number of nitrogens with two attached hydrogens (primary N) is 2. The highest BCUT2D eigenvalue weighted by Gasteiger charge is 2.31. The summed E-state index contributed by atoms with van der Waals surface area (Å²) in [6.07, 6.45) is 1.43.